The zero-order valence-corrected chi connectivity index (χ0v) is 11.3. The van der Waals surface area contributed by atoms with Crippen LogP contribution in [0.15, 0.2) is 36.5 Å². The number of para-hydroxylation sites is 1. The summed E-state index contributed by atoms with van der Waals surface area (Å²) in [4.78, 5) is 18.7. The van der Waals surface area contributed by atoms with E-state index in [1.807, 2.05) is 35.2 Å². The van der Waals surface area contributed by atoms with Gasteiger partial charge in [-0.2, -0.15) is 0 Å². The Morgan fingerprint density at radius 1 is 1.16 bits per heavy atom. The van der Waals surface area contributed by atoms with Crippen LogP contribution in [-0.2, 0) is 0 Å². The lowest BCUT2D eigenvalue weighted by Crippen LogP contribution is -2.46. The molecule has 2 aromatic rings. The van der Waals surface area contributed by atoms with Crippen LogP contribution in [-0.4, -0.2) is 42.0 Å². The second-order valence-electron chi connectivity index (χ2n) is 4.42. The van der Waals surface area contributed by atoms with E-state index in [4.69, 9.17) is 0 Å². The number of rotatable bonds is 1. The molecular weight excluding hydrogens is 262 g/mol. The molecule has 1 N–H and O–H groups in total. The van der Waals surface area contributed by atoms with Crippen LogP contribution in [0.5, 0.6) is 0 Å². The molecule has 0 spiro atoms. The van der Waals surface area contributed by atoms with Gasteiger partial charge in [0.25, 0.3) is 5.91 Å². The molecule has 1 aromatic heterocycles. The van der Waals surface area contributed by atoms with Gasteiger partial charge in [-0.1, -0.05) is 18.2 Å². The van der Waals surface area contributed by atoms with Gasteiger partial charge in [-0.25, -0.2) is 0 Å². The Morgan fingerprint density at radius 3 is 2.68 bits per heavy atom. The fourth-order valence-corrected chi connectivity index (χ4v) is 2.32. The van der Waals surface area contributed by atoms with Crippen molar-refractivity contribution in [1.29, 1.82) is 0 Å². The van der Waals surface area contributed by atoms with E-state index in [0.29, 0.717) is 0 Å². The van der Waals surface area contributed by atoms with Crippen LogP contribution in [0.1, 0.15) is 10.4 Å². The van der Waals surface area contributed by atoms with Gasteiger partial charge < -0.3 is 10.2 Å². The number of nitrogens with zero attached hydrogens (tertiary/aromatic N) is 2. The fraction of sp³-hybridized carbons (Fsp3) is 0.286. The molecule has 0 bridgehead atoms. The third-order valence-electron chi connectivity index (χ3n) is 3.28. The smallest absolute Gasteiger partial charge is 0.254 e. The minimum Gasteiger partial charge on any atom is -0.336 e. The molecule has 1 aromatic carbocycles. The van der Waals surface area contributed by atoms with E-state index in [-0.39, 0.29) is 18.3 Å². The highest BCUT2D eigenvalue weighted by molar-refractivity contribution is 6.05. The third kappa shape index (κ3) is 2.69. The van der Waals surface area contributed by atoms with Crippen molar-refractivity contribution in [3.63, 3.8) is 0 Å². The number of pyridine rings is 1. The number of carbonyl (C=O) groups is 1. The van der Waals surface area contributed by atoms with Crippen LogP contribution in [0.25, 0.3) is 10.9 Å². The lowest BCUT2D eigenvalue weighted by molar-refractivity contribution is 0.0737. The number of benzene rings is 1. The van der Waals surface area contributed by atoms with Crippen molar-refractivity contribution in [2.75, 3.05) is 26.2 Å². The quantitative estimate of drug-likeness (QED) is 0.863. The van der Waals surface area contributed by atoms with E-state index < -0.39 is 0 Å². The van der Waals surface area contributed by atoms with E-state index in [1.54, 1.807) is 6.20 Å². The molecule has 1 amide bonds. The highest BCUT2D eigenvalue weighted by Crippen LogP contribution is 2.18. The number of carbonyl (C=O) groups excluding carboxylic acids is 1. The monoisotopic (exact) mass is 277 g/mol. The number of halogens is 1. The number of hydrogen-bond donors (Lipinski definition) is 1. The molecule has 5 heteroatoms. The van der Waals surface area contributed by atoms with Crippen LogP contribution >= 0.6 is 12.4 Å². The van der Waals surface area contributed by atoms with Gasteiger partial charge in [0.2, 0.25) is 0 Å². The van der Waals surface area contributed by atoms with Crippen LogP contribution in [0.4, 0.5) is 0 Å². The summed E-state index contributed by atoms with van der Waals surface area (Å²) in [7, 11) is 0. The summed E-state index contributed by atoms with van der Waals surface area (Å²) in [5, 5.41) is 4.19. The first kappa shape index (κ1) is 13.8. The van der Waals surface area contributed by atoms with E-state index in [2.05, 4.69) is 10.3 Å². The Kier molecular flexibility index (Phi) is 4.35. The molecule has 0 aliphatic carbocycles. The van der Waals surface area contributed by atoms with Crippen LogP contribution in [0.3, 0.4) is 0 Å². The van der Waals surface area contributed by atoms with Crippen molar-refractivity contribution in [2.24, 2.45) is 0 Å². The summed E-state index contributed by atoms with van der Waals surface area (Å²) in [5.41, 5.74) is 1.63. The molecule has 1 aliphatic rings. The molecule has 0 atom stereocenters. The lowest BCUT2D eigenvalue weighted by atomic mass is 10.1. The molecule has 0 radical (unpaired) electrons. The summed E-state index contributed by atoms with van der Waals surface area (Å²) in [6, 6.07) is 9.58. The van der Waals surface area contributed by atoms with E-state index in [1.165, 1.54) is 0 Å². The Labute approximate surface area is 118 Å². The van der Waals surface area contributed by atoms with Crippen molar-refractivity contribution < 1.29 is 4.79 Å². The number of fused-ring (bicyclic) bond motifs is 1. The van der Waals surface area contributed by atoms with Gasteiger partial charge in [-0.05, 0) is 12.1 Å². The minimum atomic E-state index is 0. The zero-order chi connectivity index (χ0) is 12.4. The van der Waals surface area contributed by atoms with Crippen LogP contribution in [0.2, 0.25) is 0 Å². The Hall–Kier alpha value is -1.65. The number of hydrogen-bond acceptors (Lipinski definition) is 3. The molecule has 100 valence electrons. The number of amides is 1. The van der Waals surface area contributed by atoms with Crippen molar-refractivity contribution >= 4 is 29.2 Å². The van der Waals surface area contributed by atoms with Crippen molar-refractivity contribution in [2.45, 2.75) is 0 Å². The maximum atomic E-state index is 12.5. The van der Waals surface area contributed by atoms with Crippen LogP contribution in [0, 0.1) is 0 Å². The Balaban J connectivity index is 0.00000133. The summed E-state index contributed by atoms with van der Waals surface area (Å²) in [6.07, 6.45) is 1.71. The molecule has 1 fully saturated rings. The highest BCUT2D eigenvalue weighted by Gasteiger charge is 2.19. The summed E-state index contributed by atoms with van der Waals surface area (Å²) in [5.74, 6) is 0.107. The number of aromatic nitrogens is 1. The van der Waals surface area contributed by atoms with Gasteiger partial charge in [0.1, 0.15) is 0 Å². The Bertz CT molecular complexity index is 576. The van der Waals surface area contributed by atoms with Crippen molar-refractivity contribution in [3.8, 4) is 0 Å². The first-order valence-electron chi connectivity index (χ1n) is 6.20. The van der Waals surface area contributed by atoms with Gasteiger partial charge in [-0.3, -0.25) is 9.78 Å². The topological polar surface area (TPSA) is 45.2 Å². The summed E-state index contributed by atoms with van der Waals surface area (Å²) < 4.78 is 0. The summed E-state index contributed by atoms with van der Waals surface area (Å²) in [6.45, 7) is 3.29. The molecule has 4 nitrogen and oxygen atoms in total. The first-order valence-corrected chi connectivity index (χ1v) is 6.20. The van der Waals surface area contributed by atoms with E-state index >= 15 is 0 Å². The molecular formula is C14H16ClN3O. The van der Waals surface area contributed by atoms with Gasteiger partial charge in [0, 0.05) is 37.8 Å². The molecule has 3 rings (SSSR count). The molecule has 0 unspecified atom stereocenters. The SMILES string of the molecule is Cl.O=C(c1ccnc2ccccc12)N1CCNCC1. The maximum Gasteiger partial charge on any atom is 0.254 e. The number of piperazine rings is 1. The number of nitrogens with one attached hydrogen (secondary N) is 1. The van der Waals surface area contributed by atoms with Gasteiger partial charge in [-0.15, -0.1) is 12.4 Å². The molecule has 19 heavy (non-hydrogen) atoms. The molecule has 0 saturated carbocycles. The fourth-order valence-electron chi connectivity index (χ4n) is 2.32. The summed E-state index contributed by atoms with van der Waals surface area (Å²) >= 11 is 0. The normalized spacial score (nSPS) is 15.1. The average Bonchev–Trinajstić information content (AvgIpc) is 2.47. The second kappa shape index (κ2) is 5.99. The molecule has 1 saturated heterocycles. The molecule has 1 aliphatic heterocycles. The van der Waals surface area contributed by atoms with Gasteiger partial charge in [0.05, 0.1) is 11.1 Å². The molecule has 2 heterocycles. The first-order chi connectivity index (χ1) is 8.86. The third-order valence-corrected chi connectivity index (χ3v) is 3.28. The second-order valence-corrected chi connectivity index (χ2v) is 4.42. The van der Waals surface area contributed by atoms with Gasteiger partial charge in [0.15, 0.2) is 0 Å². The van der Waals surface area contributed by atoms with E-state index in [0.717, 1.165) is 42.6 Å². The van der Waals surface area contributed by atoms with Gasteiger partial charge >= 0.3 is 0 Å². The highest BCUT2D eigenvalue weighted by atomic mass is 35.5. The zero-order valence-electron chi connectivity index (χ0n) is 10.5. The van der Waals surface area contributed by atoms with Crippen molar-refractivity contribution in [1.82, 2.24) is 15.2 Å². The largest absolute Gasteiger partial charge is 0.336 e. The predicted octanol–water partition coefficient (Wildman–Crippen LogP) is 1.70. The standard InChI is InChI=1S/C14H15N3O.ClH/c18-14(17-9-7-15-8-10-17)12-5-6-16-13-4-2-1-3-11(12)13;/h1-6,15H,7-10H2;1H. The predicted molar refractivity (Wildman–Crippen MR) is 77.8 cm³/mol. The van der Waals surface area contributed by atoms with Crippen molar-refractivity contribution in [3.05, 3.63) is 42.1 Å². The Morgan fingerprint density at radius 2 is 1.89 bits per heavy atom. The van der Waals surface area contributed by atoms with E-state index in [9.17, 15) is 4.79 Å². The van der Waals surface area contributed by atoms with Crippen LogP contribution < -0.4 is 5.32 Å². The minimum absolute atomic E-state index is 0. The maximum absolute atomic E-state index is 12.5. The average molecular weight is 278 g/mol. The lowest BCUT2D eigenvalue weighted by Gasteiger charge is -2.27.